The second kappa shape index (κ2) is 8.70. The molecule has 5 aliphatic rings. The van der Waals surface area contributed by atoms with Crippen molar-refractivity contribution in [1.29, 1.82) is 0 Å². The van der Waals surface area contributed by atoms with Crippen molar-refractivity contribution in [3.63, 3.8) is 0 Å². The zero-order chi connectivity index (χ0) is 24.3. The Morgan fingerprint density at radius 2 is 1.74 bits per heavy atom. The molecule has 6 rings (SSSR count). The topological polar surface area (TPSA) is 53.1 Å². The molecule has 4 heterocycles. The summed E-state index contributed by atoms with van der Waals surface area (Å²) < 4.78 is 19.7. The maximum Gasteiger partial charge on any atom is 0.236 e. The highest BCUT2D eigenvalue weighted by molar-refractivity contribution is 6.07. The van der Waals surface area contributed by atoms with Crippen molar-refractivity contribution < 1.29 is 18.7 Å². The van der Waals surface area contributed by atoms with E-state index in [4.69, 9.17) is 4.74 Å². The minimum Gasteiger partial charge on any atom is -0.369 e. The number of amides is 2. The van der Waals surface area contributed by atoms with Crippen LogP contribution in [0, 0.1) is 23.6 Å². The molecule has 2 bridgehead atoms. The van der Waals surface area contributed by atoms with E-state index in [1.54, 1.807) is 4.90 Å². The number of halogens is 1. The summed E-state index contributed by atoms with van der Waals surface area (Å²) in [5.74, 6) is -0.298. The third-order valence-electron chi connectivity index (χ3n) is 9.23. The summed E-state index contributed by atoms with van der Waals surface area (Å²) >= 11 is 0. The molecular weight excluding hydrogens is 445 g/mol. The zero-order valence-electron chi connectivity index (χ0n) is 20.8. The minimum atomic E-state index is -0.511. The number of piperazine rings is 1. The molecule has 1 aliphatic carbocycles. The number of hydrogen-bond acceptors (Lipinski definition) is 5. The van der Waals surface area contributed by atoms with E-state index in [0.717, 1.165) is 70.5 Å². The Hall–Kier alpha value is -2.25. The molecule has 5 unspecified atom stereocenters. The Morgan fingerprint density at radius 1 is 1.03 bits per heavy atom. The molecule has 6 nitrogen and oxygen atoms in total. The van der Waals surface area contributed by atoms with Crippen LogP contribution >= 0.6 is 0 Å². The van der Waals surface area contributed by atoms with Crippen LogP contribution in [0.25, 0.3) is 0 Å². The van der Waals surface area contributed by atoms with E-state index in [1.807, 2.05) is 12.1 Å². The summed E-state index contributed by atoms with van der Waals surface area (Å²) in [5, 5.41) is 0. The highest BCUT2D eigenvalue weighted by Gasteiger charge is 2.71. The summed E-state index contributed by atoms with van der Waals surface area (Å²) in [5.41, 5.74) is 3.11. The van der Waals surface area contributed by atoms with Crippen molar-refractivity contribution in [1.82, 2.24) is 9.80 Å². The molecule has 0 N–H and O–H groups in total. The van der Waals surface area contributed by atoms with E-state index in [9.17, 15) is 14.0 Å². The van der Waals surface area contributed by atoms with Gasteiger partial charge in [0, 0.05) is 38.4 Å². The van der Waals surface area contributed by atoms with Crippen LogP contribution < -0.4 is 4.90 Å². The van der Waals surface area contributed by atoms with Crippen LogP contribution in [0.2, 0.25) is 0 Å². The molecule has 2 amide bonds. The molecule has 35 heavy (non-hydrogen) atoms. The number of rotatable bonds is 6. The van der Waals surface area contributed by atoms with Gasteiger partial charge in [-0.3, -0.25) is 19.4 Å². The Kier molecular flexibility index (Phi) is 5.76. The van der Waals surface area contributed by atoms with E-state index in [-0.39, 0.29) is 35.6 Å². The molecule has 188 valence electrons. The van der Waals surface area contributed by atoms with Crippen LogP contribution in [-0.4, -0.2) is 72.6 Å². The largest absolute Gasteiger partial charge is 0.369 e. The number of carbonyl (C=O) groups excluding carboxylic acids is 2. The van der Waals surface area contributed by atoms with Gasteiger partial charge in [0.05, 0.1) is 17.9 Å². The van der Waals surface area contributed by atoms with Crippen molar-refractivity contribution in [3.8, 4) is 0 Å². The summed E-state index contributed by atoms with van der Waals surface area (Å²) in [6.07, 6.45) is 4.62. The predicted molar refractivity (Wildman–Crippen MR) is 131 cm³/mol. The van der Waals surface area contributed by atoms with Gasteiger partial charge in [0.1, 0.15) is 11.4 Å². The highest BCUT2D eigenvalue weighted by atomic mass is 19.1. The van der Waals surface area contributed by atoms with Gasteiger partial charge in [-0.2, -0.15) is 0 Å². The van der Waals surface area contributed by atoms with Crippen LogP contribution in [0.5, 0.6) is 0 Å². The molecular formula is C28H36FN3O3. The first-order valence-electron chi connectivity index (χ1n) is 13.3. The molecule has 1 saturated carbocycles. The van der Waals surface area contributed by atoms with Crippen molar-refractivity contribution in [3.05, 3.63) is 41.2 Å². The summed E-state index contributed by atoms with van der Waals surface area (Å²) in [4.78, 5) is 33.1. The minimum absolute atomic E-state index is 0.00795. The summed E-state index contributed by atoms with van der Waals surface area (Å²) in [7, 11) is 0. The molecule has 0 aromatic heterocycles. The number of benzene rings is 1. The quantitative estimate of drug-likeness (QED) is 0.353. The highest BCUT2D eigenvalue weighted by Crippen LogP contribution is 2.62. The van der Waals surface area contributed by atoms with Gasteiger partial charge >= 0.3 is 0 Å². The average molecular weight is 482 g/mol. The smallest absolute Gasteiger partial charge is 0.236 e. The number of hydrogen-bond donors (Lipinski definition) is 0. The van der Waals surface area contributed by atoms with E-state index >= 15 is 0 Å². The van der Waals surface area contributed by atoms with Crippen LogP contribution in [0.4, 0.5) is 10.1 Å². The van der Waals surface area contributed by atoms with Crippen molar-refractivity contribution in [2.75, 3.05) is 44.2 Å². The summed E-state index contributed by atoms with van der Waals surface area (Å²) in [6.45, 7) is 9.63. The second-order valence-electron chi connectivity index (χ2n) is 11.3. The van der Waals surface area contributed by atoms with Gasteiger partial charge in [-0.15, -0.1) is 0 Å². The van der Waals surface area contributed by atoms with Crippen LogP contribution in [-0.2, 0) is 14.3 Å². The maximum absolute atomic E-state index is 13.5. The molecule has 4 fully saturated rings. The van der Waals surface area contributed by atoms with E-state index < -0.39 is 5.60 Å². The third-order valence-corrected chi connectivity index (χ3v) is 9.23. The molecule has 0 radical (unpaired) electrons. The van der Waals surface area contributed by atoms with Gasteiger partial charge < -0.3 is 9.64 Å². The van der Waals surface area contributed by atoms with Gasteiger partial charge in [0.2, 0.25) is 11.8 Å². The molecule has 7 heteroatoms. The number of imide groups is 1. The van der Waals surface area contributed by atoms with E-state index in [0.29, 0.717) is 12.5 Å². The van der Waals surface area contributed by atoms with E-state index in [1.165, 1.54) is 23.3 Å². The number of unbranched alkanes of at least 4 members (excludes halogenated alkanes) is 1. The summed E-state index contributed by atoms with van der Waals surface area (Å²) in [6, 6.07) is 6.71. The Bertz CT molecular complexity index is 1050. The molecule has 4 aliphatic heterocycles. The standard InChI is InChI=1S/C28H36FN3O3/c1-18-5-10-22-19(2)25-23-24(28(22,17-18)35-25)27(34)32(26(23)33)12-4-3-11-30-13-15-31(16-14-30)21-8-6-20(29)7-9-21/h6-9,18,23-25H,3-5,10-17H2,1-2H3. The van der Waals surface area contributed by atoms with Gasteiger partial charge in [0.15, 0.2) is 0 Å². The SMILES string of the molecule is CC1=C2CCC(C)CC23OC1C1C(=O)N(CCCCN2CCN(c4ccc(F)cc4)CC2)C(=O)C13. The Morgan fingerprint density at radius 3 is 2.49 bits per heavy atom. The third kappa shape index (κ3) is 3.65. The first-order valence-corrected chi connectivity index (χ1v) is 13.3. The van der Waals surface area contributed by atoms with Gasteiger partial charge in [-0.05, 0) is 86.9 Å². The lowest BCUT2D eigenvalue weighted by Crippen LogP contribution is -2.47. The zero-order valence-corrected chi connectivity index (χ0v) is 20.8. The predicted octanol–water partition coefficient (Wildman–Crippen LogP) is 3.62. The normalized spacial score (nSPS) is 34.7. The number of fused-ring (bicyclic) bond motifs is 3. The molecule has 5 atom stereocenters. The number of carbonyl (C=O) groups is 2. The fraction of sp³-hybridized carbons (Fsp3) is 0.643. The van der Waals surface area contributed by atoms with E-state index in [2.05, 4.69) is 23.6 Å². The Balaban J connectivity index is 1.01. The first-order chi connectivity index (χ1) is 16.9. The van der Waals surface area contributed by atoms with Crippen LogP contribution in [0.1, 0.15) is 46.0 Å². The van der Waals surface area contributed by atoms with Gasteiger partial charge in [-0.25, -0.2) is 4.39 Å². The number of likely N-dealkylation sites (tertiary alicyclic amines) is 1. The number of anilines is 1. The lowest BCUT2D eigenvalue weighted by atomic mass is 9.62. The lowest BCUT2D eigenvalue weighted by Gasteiger charge is -2.40. The maximum atomic E-state index is 13.5. The van der Waals surface area contributed by atoms with Crippen molar-refractivity contribution in [2.24, 2.45) is 17.8 Å². The Labute approximate surface area is 207 Å². The molecule has 1 aromatic carbocycles. The average Bonchev–Trinajstić information content (AvgIpc) is 3.42. The van der Waals surface area contributed by atoms with Crippen molar-refractivity contribution >= 4 is 17.5 Å². The fourth-order valence-corrected chi connectivity index (χ4v) is 7.47. The first kappa shape index (κ1) is 23.2. The van der Waals surface area contributed by atoms with Crippen LogP contribution in [0.15, 0.2) is 35.4 Å². The fourth-order valence-electron chi connectivity index (χ4n) is 7.47. The molecule has 1 spiro atoms. The number of nitrogens with zero attached hydrogens (tertiary/aromatic N) is 3. The second-order valence-corrected chi connectivity index (χ2v) is 11.3. The van der Waals surface area contributed by atoms with Crippen LogP contribution in [0.3, 0.4) is 0 Å². The van der Waals surface area contributed by atoms with Gasteiger partial charge in [-0.1, -0.05) is 6.92 Å². The lowest BCUT2D eigenvalue weighted by molar-refractivity contribution is -0.145. The van der Waals surface area contributed by atoms with Crippen molar-refractivity contribution in [2.45, 2.75) is 57.7 Å². The molecule has 1 aromatic rings. The number of ether oxygens (including phenoxy) is 1. The van der Waals surface area contributed by atoms with Gasteiger partial charge in [0.25, 0.3) is 0 Å². The molecule has 3 saturated heterocycles. The monoisotopic (exact) mass is 481 g/mol.